The molecule has 1 aliphatic heterocycles. The van der Waals surface area contributed by atoms with Gasteiger partial charge in [0, 0.05) is 0 Å². The average Bonchev–Trinajstić information content (AvgIpc) is 3.52. The molecule has 0 spiro atoms. The highest BCUT2D eigenvalue weighted by molar-refractivity contribution is 7.47. The Morgan fingerprint density at radius 1 is 1.07 bits per heavy atom. The smallest absolute Gasteiger partial charge is 0.426 e. The standard InChI is InChI=1S/C26H30N4O10P2/c1-26(24(32)23(31)21(39-26)15-36-41(33)40-19-10-6-3-7-11-19)22-13-12-20-25(27)29(16-28-30(20)22)17-38-42(34,35)37-14-18-8-4-2-5-9-18/h2-13,16,21,23-24,27,31-32,41H,14-15,17H2,1H3,(H,34,35)/t21-,23-,24-,26+/m1/s1. The van der Waals surface area contributed by atoms with E-state index in [2.05, 4.69) is 5.10 Å². The maximum Gasteiger partial charge on any atom is 0.474 e. The molecule has 42 heavy (non-hydrogen) atoms. The number of aliphatic hydroxyl groups excluding tert-OH is 2. The van der Waals surface area contributed by atoms with Crippen molar-refractivity contribution in [3.63, 3.8) is 0 Å². The minimum Gasteiger partial charge on any atom is -0.426 e. The van der Waals surface area contributed by atoms with Gasteiger partial charge in [0.1, 0.15) is 48.2 Å². The fourth-order valence-corrected chi connectivity index (χ4v) is 5.86. The molecular formula is C26H30N4O10P2. The summed E-state index contributed by atoms with van der Waals surface area (Å²) in [5.41, 5.74) is -0.328. The van der Waals surface area contributed by atoms with E-state index < -0.39 is 46.7 Å². The summed E-state index contributed by atoms with van der Waals surface area (Å²) in [6, 6.07) is 20.4. The van der Waals surface area contributed by atoms with E-state index in [-0.39, 0.29) is 24.2 Å². The van der Waals surface area contributed by atoms with Crippen molar-refractivity contribution in [2.75, 3.05) is 6.61 Å². The topological polar surface area (TPSA) is 187 Å². The lowest BCUT2D eigenvalue weighted by Gasteiger charge is -2.27. The highest BCUT2D eigenvalue weighted by Gasteiger charge is 2.53. The first-order chi connectivity index (χ1) is 20.1. The van der Waals surface area contributed by atoms with Crippen molar-refractivity contribution in [1.29, 1.82) is 5.41 Å². The Labute approximate surface area is 240 Å². The number of nitrogens with one attached hydrogen (secondary N) is 1. The molecular weight excluding hydrogens is 590 g/mol. The molecule has 1 saturated heterocycles. The van der Waals surface area contributed by atoms with Crippen LogP contribution in [0.3, 0.4) is 0 Å². The van der Waals surface area contributed by atoms with Crippen LogP contribution in [0.5, 0.6) is 5.75 Å². The van der Waals surface area contributed by atoms with E-state index >= 15 is 0 Å². The summed E-state index contributed by atoms with van der Waals surface area (Å²) in [5.74, 6) is 0.361. The van der Waals surface area contributed by atoms with E-state index in [0.717, 1.165) is 0 Å². The van der Waals surface area contributed by atoms with Crippen molar-refractivity contribution < 1.29 is 47.1 Å². The van der Waals surface area contributed by atoms with Gasteiger partial charge in [-0.05, 0) is 36.8 Å². The van der Waals surface area contributed by atoms with Gasteiger partial charge in [0.25, 0.3) is 0 Å². The Morgan fingerprint density at radius 2 is 1.76 bits per heavy atom. The molecule has 4 N–H and O–H groups in total. The van der Waals surface area contributed by atoms with Crippen molar-refractivity contribution in [3.8, 4) is 5.75 Å². The van der Waals surface area contributed by atoms with E-state index in [1.165, 1.54) is 15.4 Å². The number of ether oxygens (including phenoxy) is 1. The quantitative estimate of drug-likeness (QED) is 0.171. The summed E-state index contributed by atoms with van der Waals surface area (Å²) in [5, 5.41) is 34.5. The van der Waals surface area contributed by atoms with Gasteiger partial charge >= 0.3 is 16.1 Å². The molecule has 0 aliphatic carbocycles. The van der Waals surface area contributed by atoms with E-state index in [4.69, 9.17) is 28.2 Å². The van der Waals surface area contributed by atoms with Gasteiger partial charge in [0.2, 0.25) is 0 Å². The second-order valence-corrected chi connectivity index (χ2v) is 12.1. The number of hydrogen-bond donors (Lipinski definition) is 4. The van der Waals surface area contributed by atoms with Gasteiger partial charge in [-0.25, -0.2) is 13.6 Å². The maximum absolute atomic E-state index is 12.3. The SMILES string of the molecule is C[C@@]1(c2ccc3c(=N)n(COP(=O)(O)OCc4ccccc4)cnn23)O[C@H](CO[PH](=O)Oc2ccccc2)[C@@H](O)[C@H]1O. The molecule has 0 bridgehead atoms. The molecule has 4 aromatic rings. The average molecular weight is 620 g/mol. The third kappa shape index (κ3) is 6.57. The lowest BCUT2D eigenvalue weighted by Crippen LogP contribution is -2.40. The largest absolute Gasteiger partial charge is 0.474 e. The van der Waals surface area contributed by atoms with Crippen molar-refractivity contribution >= 4 is 21.6 Å². The lowest BCUT2D eigenvalue weighted by molar-refractivity contribution is -0.0867. The number of nitrogens with zero attached hydrogens (tertiary/aromatic N) is 3. The van der Waals surface area contributed by atoms with Gasteiger partial charge in [-0.2, -0.15) is 5.10 Å². The Balaban J connectivity index is 1.25. The van der Waals surface area contributed by atoms with Crippen LogP contribution in [0.15, 0.2) is 79.1 Å². The van der Waals surface area contributed by atoms with Crippen LogP contribution in [0, 0.1) is 5.41 Å². The third-order valence-electron chi connectivity index (χ3n) is 6.77. The fourth-order valence-electron chi connectivity index (χ4n) is 4.52. The van der Waals surface area contributed by atoms with Gasteiger partial charge in [-0.15, -0.1) is 0 Å². The number of phosphoric acid groups is 1. The van der Waals surface area contributed by atoms with Crippen LogP contribution in [0.25, 0.3) is 5.52 Å². The van der Waals surface area contributed by atoms with Crippen LogP contribution >= 0.6 is 16.1 Å². The number of para-hydroxylation sites is 1. The molecule has 0 amide bonds. The lowest BCUT2D eigenvalue weighted by atomic mass is 9.93. The fraction of sp³-hybridized carbons (Fsp3) is 0.308. The van der Waals surface area contributed by atoms with Gasteiger partial charge in [-0.3, -0.25) is 23.5 Å². The molecule has 2 aromatic heterocycles. The molecule has 0 saturated carbocycles. The zero-order chi connectivity index (χ0) is 29.9. The van der Waals surface area contributed by atoms with Crippen LogP contribution in [0.1, 0.15) is 18.2 Å². The second-order valence-electron chi connectivity index (χ2n) is 9.63. The van der Waals surface area contributed by atoms with Gasteiger partial charge in [0.05, 0.1) is 18.9 Å². The van der Waals surface area contributed by atoms with Gasteiger partial charge in [0.15, 0.2) is 5.49 Å². The number of phosphoric ester groups is 1. The van der Waals surface area contributed by atoms with Crippen LogP contribution in [-0.2, 0) is 46.4 Å². The summed E-state index contributed by atoms with van der Waals surface area (Å²) in [6.07, 6.45) is -2.64. The van der Waals surface area contributed by atoms with E-state index in [9.17, 15) is 24.2 Å². The zero-order valence-corrected chi connectivity index (χ0v) is 24.2. The molecule has 5 rings (SSSR count). The van der Waals surface area contributed by atoms with E-state index in [1.54, 1.807) is 73.7 Å². The summed E-state index contributed by atoms with van der Waals surface area (Å²) in [7, 11) is -7.41. The molecule has 0 radical (unpaired) electrons. The van der Waals surface area contributed by atoms with Crippen molar-refractivity contribution in [2.45, 2.75) is 44.2 Å². The number of fused-ring (bicyclic) bond motifs is 1. The summed E-state index contributed by atoms with van der Waals surface area (Å²) >= 11 is 0. The Kier molecular flexibility index (Phi) is 9.09. The van der Waals surface area contributed by atoms with Gasteiger partial charge < -0.3 is 24.4 Å². The third-order valence-corrected chi connectivity index (χ3v) is 8.47. The Morgan fingerprint density at radius 3 is 2.48 bits per heavy atom. The highest BCUT2D eigenvalue weighted by atomic mass is 31.2. The molecule has 2 aromatic carbocycles. The van der Waals surface area contributed by atoms with Crippen molar-refractivity contribution in [2.24, 2.45) is 0 Å². The monoisotopic (exact) mass is 620 g/mol. The first-order valence-electron chi connectivity index (χ1n) is 12.8. The van der Waals surface area contributed by atoms with Crippen molar-refractivity contribution in [3.05, 3.63) is 95.9 Å². The van der Waals surface area contributed by atoms with Crippen LogP contribution in [0.2, 0.25) is 0 Å². The first-order valence-corrected chi connectivity index (χ1v) is 15.5. The summed E-state index contributed by atoms with van der Waals surface area (Å²) < 4.78 is 53.8. The van der Waals surface area contributed by atoms with Crippen LogP contribution < -0.4 is 10.0 Å². The minimum atomic E-state index is -4.44. The number of hydrogen-bond acceptors (Lipinski definition) is 11. The normalized spacial score (nSPS) is 24.4. The first kappa shape index (κ1) is 30.3. The van der Waals surface area contributed by atoms with E-state index in [1.807, 2.05) is 6.07 Å². The number of benzene rings is 2. The predicted molar refractivity (Wildman–Crippen MR) is 147 cm³/mol. The molecule has 1 fully saturated rings. The van der Waals surface area contributed by atoms with Crippen LogP contribution in [-0.4, -0.2) is 54.2 Å². The summed E-state index contributed by atoms with van der Waals surface area (Å²) in [4.78, 5) is 10.1. The molecule has 3 heterocycles. The molecule has 16 heteroatoms. The summed E-state index contributed by atoms with van der Waals surface area (Å²) in [6.45, 7) is 0.601. The minimum absolute atomic E-state index is 0.118. The highest BCUT2D eigenvalue weighted by Crippen LogP contribution is 2.44. The molecule has 224 valence electrons. The molecule has 14 nitrogen and oxygen atoms in total. The molecule has 6 atom stereocenters. The molecule has 2 unspecified atom stereocenters. The van der Waals surface area contributed by atoms with Crippen molar-refractivity contribution in [1.82, 2.24) is 14.2 Å². The Bertz CT molecular complexity index is 1650. The predicted octanol–water partition coefficient (Wildman–Crippen LogP) is 2.73. The maximum atomic E-state index is 12.3. The van der Waals surface area contributed by atoms with Crippen LogP contribution in [0.4, 0.5) is 0 Å². The number of rotatable bonds is 12. The number of aliphatic hydroxyl groups is 2. The van der Waals surface area contributed by atoms with Gasteiger partial charge in [-0.1, -0.05) is 48.5 Å². The Hall–Kier alpha value is -3.16. The van der Waals surface area contributed by atoms with E-state index in [0.29, 0.717) is 17.0 Å². The zero-order valence-electron chi connectivity index (χ0n) is 22.3. The number of aromatic nitrogens is 3. The molecule has 1 aliphatic rings. The second kappa shape index (κ2) is 12.6.